The Bertz CT molecular complexity index is 455. The van der Waals surface area contributed by atoms with E-state index in [9.17, 15) is 14.7 Å². The average molecular weight is 410 g/mol. The van der Waals surface area contributed by atoms with Crippen LogP contribution in [0.4, 0.5) is 0 Å². The van der Waals surface area contributed by atoms with Crippen molar-refractivity contribution >= 4 is 11.7 Å². The first kappa shape index (κ1) is 27.8. The van der Waals surface area contributed by atoms with Gasteiger partial charge in [-0.1, -0.05) is 78.2 Å². The number of amides is 1. The normalized spacial score (nSPS) is 11.4. The molecule has 0 atom stereocenters. The molecule has 4 nitrogen and oxygen atoms in total. The maximum atomic E-state index is 12.0. The Kier molecular flexibility index (Phi) is 17.0. The molecule has 0 aromatic heterocycles. The summed E-state index contributed by atoms with van der Waals surface area (Å²) >= 11 is 0. The molecule has 0 spiro atoms. The fourth-order valence-electron chi connectivity index (χ4n) is 3.49. The van der Waals surface area contributed by atoms with Crippen LogP contribution in [0.3, 0.4) is 0 Å². The van der Waals surface area contributed by atoms with E-state index >= 15 is 0 Å². The van der Waals surface area contributed by atoms with Crippen LogP contribution in [0.25, 0.3) is 0 Å². The lowest BCUT2D eigenvalue weighted by atomic mass is 9.90. The summed E-state index contributed by atoms with van der Waals surface area (Å²) in [6.45, 7) is 10.1. The second-order valence-corrected chi connectivity index (χ2v) is 8.65. The van der Waals surface area contributed by atoms with Gasteiger partial charge in [0.1, 0.15) is 5.78 Å². The van der Waals surface area contributed by atoms with Crippen LogP contribution in [0.2, 0.25) is 0 Å². The van der Waals surface area contributed by atoms with Crippen molar-refractivity contribution in [3.8, 4) is 0 Å². The first-order valence-corrected chi connectivity index (χ1v) is 12.0. The Morgan fingerprint density at radius 1 is 0.793 bits per heavy atom. The van der Waals surface area contributed by atoms with Crippen molar-refractivity contribution in [2.75, 3.05) is 6.54 Å². The van der Waals surface area contributed by atoms with Gasteiger partial charge in [-0.2, -0.15) is 0 Å². The highest BCUT2D eigenvalue weighted by atomic mass is 16.3. The molecule has 0 rings (SSSR count). The van der Waals surface area contributed by atoms with Crippen molar-refractivity contribution in [1.29, 1.82) is 0 Å². The molecule has 0 heterocycles. The van der Waals surface area contributed by atoms with Gasteiger partial charge < -0.3 is 10.4 Å². The Morgan fingerprint density at radius 2 is 1.24 bits per heavy atom. The van der Waals surface area contributed by atoms with Gasteiger partial charge >= 0.3 is 0 Å². The predicted octanol–water partition coefficient (Wildman–Crippen LogP) is 6.26. The maximum absolute atomic E-state index is 12.0. The third-order valence-electron chi connectivity index (χ3n) is 5.99. The summed E-state index contributed by atoms with van der Waals surface area (Å²) in [5, 5.41) is 13.1. The number of aliphatic hydroxyl groups is 1. The van der Waals surface area contributed by atoms with E-state index in [1.807, 2.05) is 13.8 Å². The summed E-state index contributed by atoms with van der Waals surface area (Å²) < 4.78 is 0. The number of unbranched alkanes of at least 4 members (excludes halogenated alkanes) is 10. The molecule has 0 saturated carbocycles. The first-order valence-electron chi connectivity index (χ1n) is 12.0. The molecule has 4 heteroatoms. The van der Waals surface area contributed by atoms with Crippen molar-refractivity contribution in [2.24, 2.45) is 0 Å². The minimum atomic E-state index is -0.643. The van der Waals surface area contributed by atoms with E-state index in [0.29, 0.717) is 30.6 Å². The van der Waals surface area contributed by atoms with Crippen LogP contribution >= 0.6 is 0 Å². The number of hydrogen-bond acceptors (Lipinski definition) is 3. The number of nitrogens with one attached hydrogen (secondary N) is 1. The largest absolute Gasteiger partial charge is 0.390 e. The highest BCUT2D eigenvalue weighted by Crippen LogP contribution is 2.22. The molecule has 29 heavy (non-hydrogen) atoms. The molecule has 1 amide bonds. The molecule has 170 valence electrons. The minimum Gasteiger partial charge on any atom is -0.390 e. The van der Waals surface area contributed by atoms with E-state index in [4.69, 9.17) is 0 Å². The molecular weight excluding hydrogens is 362 g/mol. The zero-order valence-electron chi connectivity index (χ0n) is 19.5. The smallest absolute Gasteiger partial charge is 0.246 e. The summed E-state index contributed by atoms with van der Waals surface area (Å²) in [5.41, 5.74) is -0.0655. The van der Waals surface area contributed by atoms with Crippen LogP contribution in [-0.4, -0.2) is 28.9 Å². The van der Waals surface area contributed by atoms with Gasteiger partial charge in [0.2, 0.25) is 5.91 Å². The van der Waals surface area contributed by atoms with Gasteiger partial charge in [0.15, 0.2) is 0 Å². The van der Waals surface area contributed by atoms with Crippen molar-refractivity contribution < 1.29 is 14.7 Å². The standard InChI is InChI=1S/C25H47NO3/c1-5-25(29,6-2)20-19-23(27)18-16-14-12-10-8-7-9-11-13-15-17-21-26-24(28)22(3)4/h29H,3,5-21H2,1-2,4H3,(H,26,28). The Labute approximate surface area is 179 Å². The van der Waals surface area contributed by atoms with Crippen LogP contribution in [-0.2, 0) is 9.59 Å². The molecule has 0 aliphatic carbocycles. The van der Waals surface area contributed by atoms with Crippen LogP contribution < -0.4 is 5.32 Å². The average Bonchev–Trinajstić information content (AvgIpc) is 2.71. The molecule has 0 aliphatic rings. The van der Waals surface area contributed by atoms with Crippen LogP contribution in [0.5, 0.6) is 0 Å². The molecule has 0 saturated heterocycles. The number of carbonyl (C=O) groups is 2. The van der Waals surface area contributed by atoms with Gasteiger partial charge in [-0.3, -0.25) is 9.59 Å². The molecule has 0 radical (unpaired) electrons. The lowest BCUT2D eigenvalue weighted by Gasteiger charge is -2.24. The van der Waals surface area contributed by atoms with Crippen molar-refractivity contribution in [2.45, 2.75) is 129 Å². The van der Waals surface area contributed by atoms with E-state index in [0.717, 1.165) is 38.6 Å². The second kappa shape index (κ2) is 17.7. The minimum absolute atomic E-state index is 0.0328. The maximum Gasteiger partial charge on any atom is 0.246 e. The third-order valence-corrected chi connectivity index (χ3v) is 5.99. The summed E-state index contributed by atoms with van der Waals surface area (Å²) in [7, 11) is 0. The van der Waals surface area contributed by atoms with Gasteiger partial charge in [-0.25, -0.2) is 0 Å². The molecule has 0 unspecified atom stereocenters. The van der Waals surface area contributed by atoms with Crippen LogP contribution in [0, 0.1) is 0 Å². The highest BCUT2D eigenvalue weighted by Gasteiger charge is 2.22. The lowest BCUT2D eigenvalue weighted by molar-refractivity contribution is -0.120. The molecule has 0 fully saturated rings. The van der Waals surface area contributed by atoms with Crippen LogP contribution in [0.1, 0.15) is 124 Å². The number of ketones is 1. The SMILES string of the molecule is C=C(C)C(=O)NCCCCCCCCCCCCCC(=O)CCC(O)(CC)CC. The van der Waals surface area contributed by atoms with Crippen molar-refractivity contribution in [3.63, 3.8) is 0 Å². The van der Waals surface area contributed by atoms with E-state index in [1.54, 1.807) is 6.92 Å². The third kappa shape index (κ3) is 16.3. The molecule has 0 aliphatic heterocycles. The number of hydrogen-bond donors (Lipinski definition) is 2. The summed E-state index contributed by atoms with van der Waals surface area (Å²) in [6, 6.07) is 0. The number of rotatable bonds is 20. The fourth-order valence-corrected chi connectivity index (χ4v) is 3.49. The quantitative estimate of drug-likeness (QED) is 0.184. The second-order valence-electron chi connectivity index (χ2n) is 8.65. The predicted molar refractivity (Wildman–Crippen MR) is 123 cm³/mol. The summed E-state index contributed by atoms with van der Waals surface area (Å²) in [6.07, 6.45) is 16.6. The van der Waals surface area contributed by atoms with E-state index in [-0.39, 0.29) is 5.91 Å². The molecule has 0 aromatic rings. The topological polar surface area (TPSA) is 66.4 Å². The van der Waals surface area contributed by atoms with Gasteiger partial charge in [0, 0.05) is 25.0 Å². The fraction of sp³-hybridized carbons (Fsp3) is 0.840. The Morgan fingerprint density at radius 3 is 1.69 bits per heavy atom. The monoisotopic (exact) mass is 409 g/mol. The number of Topliss-reactive ketones (excluding diaryl/α,β-unsaturated/α-hetero) is 1. The number of carbonyl (C=O) groups excluding carboxylic acids is 2. The van der Waals surface area contributed by atoms with E-state index < -0.39 is 5.60 Å². The van der Waals surface area contributed by atoms with Gasteiger partial charge in [0.05, 0.1) is 5.60 Å². The van der Waals surface area contributed by atoms with Gasteiger partial charge in [-0.15, -0.1) is 0 Å². The van der Waals surface area contributed by atoms with E-state index in [1.165, 1.54) is 51.4 Å². The summed E-state index contributed by atoms with van der Waals surface area (Å²) in [5.74, 6) is 0.277. The Hall–Kier alpha value is -1.16. The van der Waals surface area contributed by atoms with Crippen molar-refractivity contribution in [1.82, 2.24) is 5.32 Å². The Balaban J connectivity index is 3.34. The first-order chi connectivity index (χ1) is 13.8. The summed E-state index contributed by atoms with van der Waals surface area (Å²) in [4.78, 5) is 23.3. The van der Waals surface area contributed by atoms with Gasteiger partial charge in [-0.05, 0) is 39.0 Å². The molecule has 0 bridgehead atoms. The molecule has 0 aromatic carbocycles. The van der Waals surface area contributed by atoms with Crippen molar-refractivity contribution in [3.05, 3.63) is 12.2 Å². The van der Waals surface area contributed by atoms with E-state index in [2.05, 4.69) is 11.9 Å². The zero-order chi connectivity index (χ0) is 22.0. The molecular formula is C25H47NO3. The van der Waals surface area contributed by atoms with Gasteiger partial charge in [0.25, 0.3) is 0 Å². The zero-order valence-corrected chi connectivity index (χ0v) is 19.5. The van der Waals surface area contributed by atoms with Crippen LogP contribution in [0.15, 0.2) is 12.2 Å². The lowest BCUT2D eigenvalue weighted by Crippen LogP contribution is -2.27. The molecule has 2 N–H and O–H groups in total. The highest BCUT2D eigenvalue weighted by molar-refractivity contribution is 5.91.